The first kappa shape index (κ1) is 11.6. The maximum absolute atomic E-state index is 8.76. The average Bonchev–Trinajstić information content (AvgIpc) is 2.80. The van der Waals surface area contributed by atoms with Gasteiger partial charge in [-0.25, -0.2) is 9.97 Å². The van der Waals surface area contributed by atoms with Crippen LogP contribution in [0.5, 0.6) is 0 Å². The standard InChI is InChI=1S/C10H13N5O2/c1-6-4-12-8(13-5-6)9-14-10(17-15-9)7(11)2-3-16/h4-5,7,16H,2-3,11H2,1H3. The Bertz CT molecular complexity index is 482. The van der Waals surface area contributed by atoms with E-state index in [0.717, 1.165) is 5.56 Å². The smallest absolute Gasteiger partial charge is 0.244 e. The van der Waals surface area contributed by atoms with Crippen LogP contribution in [0.2, 0.25) is 0 Å². The first-order valence-electron chi connectivity index (χ1n) is 5.19. The van der Waals surface area contributed by atoms with E-state index >= 15 is 0 Å². The zero-order valence-electron chi connectivity index (χ0n) is 9.37. The molecule has 0 spiro atoms. The van der Waals surface area contributed by atoms with Crippen LogP contribution in [-0.2, 0) is 0 Å². The van der Waals surface area contributed by atoms with E-state index in [1.165, 1.54) is 0 Å². The Kier molecular flexibility index (Phi) is 3.40. The molecule has 0 aromatic carbocycles. The SMILES string of the molecule is Cc1cnc(-c2noc(C(N)CCO)n2)nc1. The van der Waals surface area contributed by atoms with Crippen molar-refractivity contribution in [3.05, 3.63) is 23.8 Å². The van der Waals surface area contributed by atoms with Crippen molar-refractivity contribution < 1.29 is 9.63 Å². The van der Waals surface area contributed by atoms with Crippen molar-refractivity contribution in [2.45, 2.75) is 19.4 Å². The Morgan fingerprint density at radius 2 is 2.06 bits per heavy atom. The molecule has 2 aromatic heterocycles. The normalized spacial score (nSPS) is 12.6. The molecule has 7 nitrogen and oxygen atoms in total. The first-order valence-corrected chi connectivity index (χ1v) is 5.19. The van der Waals surface area contributed by atoms with Gasteiger partial charge in [-0.2, -0.15) is 4.98 Å². The van der Waals surface area contributed by atoms with Crippen molar-refractivity contribution in [3.8, 4) is 11.6 Å². The number of rotatable bonds is 4. The molecule has 7 heteroatoms. The van der Waals surface area contributed by atoms with Crippen LogP contribution in [-0.4, -0.2) is 31.8 Å². The van der Waals surface area contributed by atoms with Crippen LogP contribution < -0.4 is 5.73 Å². The van der Waals surface area contributed by atoms with Gasteiger partial charge in [0, 0.05) is 19.0 Å². The number of nitrogens with zero attached hydrogens (tertiary/aromatic N) is 4. The van der Waals surface area contributed by atoms with Gasteiger partial charge in [-0.3, -0.25) is 0 Å². The second-order valence-corrected chi connectivity index (χ2v) is 3.66. The molecule has 2 aromatic rings. The van der Waals surface area contributed by atoms with Gasteiger partial charge in [0.15, 0.2) is 0 Å². The molecule has 0 saturated heterocycles. The molecule has 1 atom stereocenters. The highest BCUT2D eigenvalue weighted by molar-refractivity contribution is 5.41. The van der Waals surface area contributed by atoms with Crippen molar-refractivity contribution in [1.82, 2.24) is 20.1 Å². The van der Waals surface area contributed by atoms with E-state index in [1.807, 2.05) is 6.92 Å². The molecule has 2 rings (SSSR count). The van der Waals surface area contributed by atoms with Gasteiger partial charge in [0.2, 0.25) is 17.5 Å². The Balaban J connectivity index is 2.20. The van der Waals surface area contributed by atoms with E-state index in [-0.39, 0.29) is 12.5 Å². The minimum Gasteiger partial charge on any atom is -0.396 e. The lowest BCUT2D eigenvalue weighted by Gasteiger charge is -2.01. The number of nitrogens with two attached hydrogens (primary N) is 1. The van der Waals surface area contributed by atoms with Crippen LogP contribution in [0.1, 0.15) is 23.9 Å². The van der Waals surface area contributed by atoms with E-state index in [1.54, 1.807) is 12.4 Å². The number of aliphatic hydroxyl groups is 1. The fraction of sp³-hybridized carbons (Fsp3) is 0.400. The van der Waals surface area contributed by atoms with Gasteiger partial charge < -0.3 is 15.4 Å². The maximum Gasteiger partial charge on any atom is 0.244 e. The van der Waals surface area contributed by atoms with Gasteiger partial charge in [-0.15, -0.1) is 0 Å². The predicted molar refractivity (Wildman–Crippen MR) is 58.7 cm³/mol. The van der Waals surface area contributed by atoms with Crippen molar-refractivity contribution in [1.29, 1.82) is 0 Å². The van der Waals surface area contributed by atoms with Crippen LogP contribution in [0.15, 0.2) is 16.9 Å². The quantitative estimate of drug-likeness (QED) is 0.779. The monoisotopic (exact) mass is 235 g/mol. The summed E-state index contributed by atoms with van der Waals surface area (Å²) in [5.74, 6) is 0.966. The zero-order valence-corrected chi connectivity index (χ0v) is 9.37. The lowest BCUT2D eigenvalue weighted by atomic mass is 10.2. The Labute approximate surface area is 97.7 Å². The molecular weight excluding hydrogens is 222 g/mol. The molecule has 0 saturated carbocycles. The summed E-state index contributed by atoms with van der Waals surface area (Å²) in [5.41, 5.74) is 6.68. The van der Waals surface area contributed by atoms with E-state index in [0.29, 0.717) is 18.1 Å². The highest BCUT2D eigenvalue weighted by Crippen LogP contribution is 2.15. The summed E-state index contributed by atoms with van der Waals surface area (Å²) in [6.07, 6.45) is 3.72. The van der Waals surface area contributed by atoms with Crippen LogP contribution in [0.4, 0.5) is 0 Å². The lowest BCUT2D eigenvalue weighted by Crippen LogP contribution is -2.12. The Morgan fingerprint density at radius 3 is 2.71 bits per heavy atom. The summed E-state index contributed by atoms with van der Waals surface area (Å²) in [6, 6.07) is -0.466. The van der Waals surface area contributed by atoms with Crippen LogP contribution >= 0.6 is 0 Å². The molecule has 0 aliphatic rings. The van der Waals surface area contributed by atoms with Gasteiger partial charge in [0.05, 0.1) is 6.04 Å². The van der Waals surface area contributed by atoms with Crippen molar-refractivity contribution in [2.75, 3.05) is 6.61 Å². The highest BCUT2D eigenvalue weighted by atomic mass is 16.5. The summed E-state index contributed by atoms with van der Waals surface area (Å²) >= 11 is 0. The number of hydrogen-bond donors (Lipinski definition) is 2. The molecule has 0 amide bonds. The van der Waals surface area contributed by atoms with Gasteiger partial charge in [0.1, 0.15) is 0 Å². The fourth-order valence-corrected chi connectivity index (χ4v) is 1.25. The third kappa shape index (κ3) is 2.63. The molecule has 17 heavy (non-hydrogen) atoms. The third-order valence-corrected chi connectivity index (χ3v) is 2.18. The highest BCUT2D eigenvalue weighted by Gasteiger charge is 2.16. The molecule has 0 fully saturated rings. The molecule has 3 N–H and O–H groups in total. The van der Waals surface area contributed by atoms with Gasteiger partial charge >= 0.3 is 0 Å². The Hall–Kier alpha value is -1.86. The fourth-order valence-electron chi connectivity index (χ4n) is 1.25. The van der Waals surface area contributed by atoms with Crippen LogP contribution in [0.3, 0.4) is 0 Å². The number of aliphatic hydroxyl groups excluding tert-OH is 1. The molecule has 1 unspecified atom stereocenters. The molecular formula is C10H13N5O2. The van der Waals surface area contributed by atoms with E-state index < -0.39 is 6.04 Å². The minimum atomic E-state index is -0.466. The first-order chi connectivity index (χ1) is 8.20. The molecule has 90 valence electrons. The third-order valence-electron chi connectivity index (χ3n) is 2.18. The molecule has 0 aliphatic heterocycles. The molecule has 0 radical (unpaired) electrons. The van der Waals surface area contributed by atoms with E-state index in [9.17, 15) is 0 Å². The van der Waals surface area contributed by atoms with Crippen molar-refractivity contribution in [3.63, 3.8) is 0 Å². The largest absolute Gasteiger partial charge is 0.396 e. The van der Waals surface area contributed by atoms with Gasteiger partial charge in [-0.05, 0) is 18.9 Å². The van der Waals surface area contributed by atoms with E-state index in [2.05, 4.69) is 20.1 Å². The van der Waals surface area contributed by atoms with Crippen LogP contribution in [0.25, 0.3) is 11.6 Å². The van der Waals surface area contributed by atoms with Crippen molar-refractivity contribution in [2.24, 2.45) is 5.73 Å². The summed E-state index contributed by atoms with van der Waals surface area (Å²) in [6.45, 7) is 1.86. The Morgan fingerprint density at radius 1 is 1.35 bits per heavy atom. The zero-order chi connectivity index (χ0) is 12.3. The topological polar surface area (TPSA) is 111 Å². The predicted octanol–water partition coefficient (Wildman–Crippen LogP) is 0.217. The van der Waals surface area contributed by atoms with E-state index in [4.69, 9.17) is 15.4 Å². The lowest BCUT2D eigenvalue weighted by molar-refractivity contribution is 0.259. The summed E-state index contributed by atoms with van der Waals surface area (Å²) < 4.78 is 4.99. The maximum atomic E-state index is 8.76. The second-order valence-electron chi connectivity index (χ2n) is 3.66. The molecule has 0 aliphatic carbocycles. The molecule has 0 bridgehead atoms. The summed E-state index contributed by atoms with van der Waals surface area (Å²) in [5, 5.41) is 12.5. The van der Waals surface area contributed by atoms with Gasteiger partial charge in [0.25, 0.3) is 0 Å². The molecule has 2 heterocycles. The second kappa shape index (κ2) is 4.98. The number of aromatic nitrogens is 4. The van der Waals surface area contributed by atoms with Crippen LogP contribution in [0, 0.1) is 6.92 Å². The van der Waals surface area contributed by atoms with Crippen molar-refractivity contribution >= 4 is 0 Å². The summed E-state index contributed by atoms with van der Waals surface area (Å²) in [7, 11) is 0. The minimum absolute atomic E-state index is 0.0279. The van der Waals surface area contributed by atoms with Gasteiger partial charge in [-0.1, -0.05) is 5.16 Å². The summed E-state index contributed by atoms with van der Waals surface area (Å²) in [4.78, 5) is 12.3. The average molecular weight is 235 g/mol. The number of hydrogen-bond acceptors (Lipinski definition) is 7. The number of aryl methyl sites for hydroxylation is 1.